The van der Waals surface area contributed by atoms with Gasteiger partial charge < -0.3 is 9.80 Å². The molecule has 5 heteroatoms. The van der Waals surface area contributed by atoms with Gasteiger partial charge in [-0.25, -0.2) is 4.98 Å². The highest BCUT2D eigenvalue weighted by Gasteiger charge is 2.21. The number of hydrogen-bond acceptors (Lipinski definition) is 5. The Labute approximate surface area is 234 Å². The van der Waals surface area contributed by atoms with Gasteiger partial charge in [0.1, 0.15) is 0 Å². The maximum absolute atomic E-state index is 4.95. The van der Waals surface area contributed by atoms with Gasteiger partial charge in [0.15, 0.2) is 0 Å². The number of pyridine rings is 3. The predicted octanol–water partition coefficient (Wildman–Crippen LogP) is 9.12. The number of para-hydroxylation sites is 2. The molecule has 192 valence electrons. The van der Waals surface area contributed by atoms with E-state index in [1.54, 1.807) is 18.5 Å². The molecule has 0 spiro atoms. The third-order valence-electron chi connectivity index (χ3n) is 6.57. The zero-order valence-electron chi connectivity index (χ0n) is 21.9. The van der Waals surface area contributed by atoms with E-state index in [2.05, 4.69) is 80.9 Å². The predicted molar refractivity (Wildman–Crippen MR) is 165 cm³/mol. The van der Waals surface area contributed by atoms with Crippen molar-refractivity contribution in [3.05, 3.63) is 158 Å². The maximum atomic E-state index is 4.95. The van der Waals surface area contributed by atoms with Gasteiger partial charge in [0, 0.05) is 35.0 Å². The highest BCUT2D eigenvalue weighted by Crippen LogP contribution is 2.44. The van der Waals surface area contributed by atoms with Gasteiger partial charge in [0.05, 0.1) is 40.8 Å². The van der Waals surface area contributed by atoms with Crippen LogP contribution in [0.15, 0.2) is 153 Å². The summed E-state index contributed by atoms with van der Waals surface area (Å²) in [4.78, 5) is 18.2. The molecule has 0 radical (unpaired) electrons. The lowest BCUT2D eigenvalue weighted by Crippen LogP contribution is -2.14. The first-order chi connectivity index (χ1) is 19.8. The van der Waals surface area contributed by atoms with E-state index in [0.29, 0.717) is 0 Å². The van der Waals surface area contributed by atoms with Gasteiger partial charge in [-0.15, -0.1) is 0 Å². The van der Waals surface area contributed by atoms with Crippen molar-refractivity contribution in [3.8, 4) is 11.3 Å². The van der Waals surface area contributed by atoms with E-state index < -0.39 is 0 Å². The number of aromatic nitrogens is 3. The molecule has 6 aromatic rings. The Kier molecular flexibility index (Phi) is 7.09. The van der Waals surface area contributed by atoms with Crippen LogP contribution in [0.25, 0.3) is 17.3 Å². The SMILES string of the molecule is C=Cc1cccc(-c2cc(N(c3ccccc3)c3cccnc3)ccc2N(c2ccccc2)c2cccnc2)n1. The molecular formula is C35H27N5. The van der Waals surface area contributed by atoms with Crippen molar-refractivity contribution in [3.63, 3.8) is 0 Å². The Morgan fingerprint density at radius 3 is 1.73 bits per heavy atom. The topological polar surface area (TPSA) is 45.2 Å². The Morgan fingerprint density at radius 1 is 0.525 bits per heavy atom. The maximum Gasteiger partial charge on any atom is 0.0731 e. The van der Waals surface area contributed by atoms with E-state index in [4.69, 9.17) is 4.98 Å². The van der Waals surface area contributed by atoms with Gasteiger partial charge in [-0.05, 0) is 84.9 Å². The second-order valence-corrected chi connectivity index (χ2v) is 9.12. The molecule has 0 bridgehead atoms. The molecule has 0 aliphatic rings. The lowest BCUT2D eigenvalue weighted by Gasteiger charge is -2.30. The third kappa shape index (κ3) is 5.08. The fourth-order valence-corrected chi connectivity index (χ4v) is 4.78. The first-order valence-corrected chi connectivity index (χ1v) is 13.1. The number of rotatable bonds is 8. The van der Waals surface area contributed by atoms with Crippen LogP contribution in [0.5, 0.6) is 0 Å². The second-order valence-electron chi connectivity index (χ2n) is 9.12. The molecular weight excluding hydrogens is 490 g/mol. The Bertz CT molecular complexity index is 1630. The summed E-state index contributed by atoms with van der Waals surface area (Å²) in [6, 6.07) is 41.2. The Balaban J connectivity index is 1.61. The van der Waals surface area contributed by atoms with Crippen molar-refractivity contribution in [1.82, 2.24) is 15.0 Å². The quantitative estimate of drug-likeness (QED) is 0.201. The van der Waals surface area contributed by atoms with Crippen molar-refractivity contribution >= 4 is 40.2 Å². The molecule has 0 fully saturated rings. The van der Waals surface area contributed by atoms with Crippen LogP contribution in [0.4, 0.5) is 34.1 Å². The standard InChI is InChI=1S/C35H27N5/c1-2-27-12-9-19-34(38-27)33-24-30(39(28-13-5-3-6-14-28)31-17-10-22-36-25-31)20-21-35(33)40(29-15-7-4-8-16-29)32-18-11-23-37-26-32/h2-26H,1H2. The van der Waals surface area contributed by atoms with E-state index in [-0.39, 0.29) is 0 Å². The summed E-state index contributed by atoms with van der Waals surface area (Å²) in [6.07, 6.45) is 9.11. The molecule has 3 aromatic carbocycles. The van der Waals surface area contributed by atoms with Gasteiger partial charge >= 0.3 is 0 Å². The average Bonchev–Trinajstić information content (AvgIpc) is 3.04. The Morgan fingerprint density at radius 2 is 1.12 bits per heavy atom. The molecule has 5 nitrogen and oxygen atoms in total. The molecule has 0 N–H and O–H groups in total. The highest BCUT2D eigenvalue weighted by atomic mass is 15.2. The number of benzene rings is 3. The smallest absolute Gasteiger partial charge is 0.0731 e. The molecule has 0 saturated heterocycles. The van der Waals surface area contributed by atoms with E-state index in [1.807, 2.05) is 79.1 Å². The fraction of sp³-hybridized carbons (Fsp3) is 0. The first kappa shape index (κ1) is 24.8. The van der Waals surface area contributed by atoms with E-state index in [9.17, 15) is 0 Å². The van der Waals surface area contributed by atoms with Crippen LogP contribution in [-0.2, 0) is 0 Å². The van der Waals surface area contributed by atoms with Crippen molar-refractivity contribution in [2.75, 3.05) is 9.80 Å². The summed E-state index contributed by atoms with van der Waals surface area (Å²) in [5.41, 5.74) is 8.58. The molecule has 0 atom stereocenters. The van der Waals surface area contributed by atoms with Crippen molar-refractivity contribution < 1.29 is 0 Å². The van der Waals surface area contributed by atoms with Crippen LogP contribution in [0.1, 0.15) is 5.69 Å². The molecule has 0 aliphatic heterocycles. The summed E-state index contributed by atoms with van der Waals surface area (Å²) >= 11 is 0. The monoisotopic (exact) mass is 517 g/mol. The Hall–Kier alpha value is -5.55. The van der Waals surface area contributed by atoms with Crippen LogP contribution in [0.2, 0.25) is 0 Å². The largest absolute Gasteiger partial charge is 0.309 e. The van der Waals surface area contributed by atoms with Gasteiger partial charge in [0.25, 0.3) is 0 Å². The minimum absolute atomic E-state index is 0.814. The minimum Gasteiger partial charge on any atom is -0.309 e. The molecule has 3 aromatic heterocycles. The van der Waals surface area contributed by atoms with Crippen LogP contribution in [0.3, 0.4) is 0 Å². The fourth-order valence-electron chi connectivity index (χ4n) is 4.78. The molecule has 0 saturated carbocycles. The normalized spacial score (nSPS) is 10.6. The zero-order chi connectivity index (χ0) is 27.1. The highest BCUT2D eigenvalue weighted by molar-refractivity contribution is 5.90. The van der Waals surface area contributed by atoms with Crippen LogP contribution in [-0.4, -0.2) is 15.0 Å². The lowest BCUT2D eigenvalue weighted by molar-refractivity contribution is 1.20. The molecule has 40 heavy (non-hydrogen) atoms. The summed E-state index contributed by atoms with van der Waals surface area (Å²) in [5.74, 6) is 0. The first-order valence-electron chi connectivity index (χ1n) is 13.1. The van der Waals surface area contributed by atoms with Crippen LogP contribution >= 0.6 is 0 Å². The van der Waals surface area contributed by atoms with E-state index >= 15 is 0 Å². The lowest BCUT2D eigenvalue weighted by atomic mass is 10.0. The van der Waals surface area contributed by atoms with Crippen molar-refractivity contribution in [2.45, 2.75) is 0 Å². The van der Waals surface area contributed by atoms with E-state index in [1.165, 1.54) is 0 Å². The van der Waals surface area contributed by atoms with Gasteiger partial charge in [0.2, 0.25) is 0 Å². The van der Waals surface area contributed by atoms with Crippen LogP contribution in [0, 0.1) is 0 Å². The molecule has 0 unspecified atom stereocenters. The summed E-state index contributed by atoms with van der Waals surface area (Å²) in [5, 5.41) is 0. The van der Waals surface area contributed by atoms with E-state index in [0.717, 1.165) is 51.1 Å². The zero-order valence-corrected chi connectivity index (χ0v) is 21.9. The number of nitrogens with zero attached hydrogens (tertiary/aromatic N) is 5. The summed E-state index contributed by atoms with van der Waals surface area (Å²) < 4.78 is 0. The van der Waals surface area contributed by atoms with Crippen molar-refractivity contribution in [1.29, 1.82) is 0 Å². The minimum atomic E-state index is 0.814. The molecule has 0 aliphatic carbocycles. The third-order valence-corrected chi connectivity index (χ3v) is 6.57. The van der Waals surface area contributed by atoms with Gasteiger partial charge in [-0.1, -0.05) is 49.0 Å². The van der Waals surface area contributed by atoms with Gasteiger partial charge in [-0.3, -0.25) is 9.97 Å². The number of anilines is 6. The second kappa shape index (κ2) is 11.5. The van der Waals surface area contributed by atoms with Gasteiger partial charge in [-0.2, -0.15) is 0 Å². The molecule has 0 amide bonds. The average molecular weight is 518 g/mol. The summed E-state index contributed by atoms with van der Waals surface area (Å²) in [6.45, 7) is 3.95. The molecule has 3 heterocycles. The van der Waals surface area contributed by atoms with Crippen molar-refractivity contribution in [2.24, 2.45) is 0 Å². The molecule has 6 rings (SSSR count). The summed E-state index contributed by atoms with van der Waals surface area (Å²) in [7, 11) is 0. The van der Waals surface area contributed by atoms with Crippen LogP contribution < -0.4 is 9.80 Å². The number of hydrogen-bond donors (Lipinski definition) is 0.